The number of hydrogen-bond acceptors (Lipinski definition) is 4. The predicted octanol–water partition coefficient (Wildman–Crippen LogP) is 1.39. The van der Waals surface area contributed by atoms with Gasteiger partial charge >= 0.3 is 0 Å². The van der Waals surface area contributed by atoms with Gasteiger partial charge in [0.05, 0.1) is 18.9 Å². The van der Waals surface area contributed by atoms with E-state index < -0.39 is 0 Å². The molecule has 1 fully saturated rings. The van der Waals surface area contributed by atoms with Crippen LogP contribution in [0.1, 0.15) is 11.1 Å². The molecule has 6 nitrogen and oxygen atoms in total. The smallest absolute Gasteiger partial charge is 0.267 e. The summed E-state index contributed by atoms with van der Waals surface area (Å²) in [6.07, 6.45) is 0. The van der Waals surface area contributed by atoms with Crippen LogP contribution in [0, 0.1) is 13.8 Å². The van der Waals surface area contributed by atoms with Gasteiger partial charge in [-0.15, -0.1) is 0 Å². The van der Waals surface area contributed by atoms with Gasteiger partial charge in [0, 0.05) is 24.7 Å². The second-order valence-corrected chi connectivity index (χ2v) is 6.03. The third-order valence-corrected chi connectivity index (χ3v) is 4.18. The van der Waals surface area contributed by atoms with E-state index in [1.807, 2.05) is 32.0 Å². The number of carbonyl (C=O) groups excluding carboxylic acids is 1. The molecule has 2 aromatic rings. The molecule has 0 atom stereocenters. The largest absolute Gasteiger partial charge is 0.378 e. The number of morpholine rings is 1. The molecule has 0 unspecified atom stereocenters. The maximum absolute atomic E-state index is 12.4. The number of rotatable bonds is 3. The van der Waals surface area contributed by atoms with Crippen LogP contribution in [0.5, 0.6) is 0 Å². The quantitative estimate of drug-likeness (QED) is 0.854. The molecule has 2 heterocycles. The summed E-state index contributed by atoms with van der Waals surface area (Å²) in [6, 6.07) is 9.28. The monoisotopic (exact) mass is 327 g/mol. The highest BCUT2D eigenvalue weighted by Crippen LogP contribution is 2.21. The minimum atomic E-state index is -0.273. The summed E-state index contributed by atoms with van der Waals surface area (Å²) in [4.78, 5) is 26.1. The first kappa shape index (κ1) is 16.4. The summed E-state index contributed by atoms with van der Waals surface area (Å²) in [5.41, 5.74) is 3.61. The Balaban J connectivity index is 1.87. The first-order valence-corrected chi connectivity index (χ1v) is 8.06. The van der Waals surface area contributed by atoms with Crippen molar-refractivity contribution in [2.75, 3.05) is 26.3 Å². The van der Waals surface area contributed by atoms with E-state index in [9.17, 15) is 9.59 Å². The molecule has 0 N–H and O–H groups in total. The number of benzene rings is 1. The molecule has 24 heavy (non-hydrogen) atoms. The Bertz CT molecular complexity index is 807. The van der Waals surface area contributed by atoms with Gasteiger partial charge in [0.15, 0.2) is 0 Å². The highest BCUT2D eigenvalue weighted by molar-refractivity contribution is 5.76. The fraction of sp³-hybridized carbons (Fsp3) is 0.389. The minimum absolute atomic E-state index is 0.0441. The normalized spacial score (nSPS) is 14.7. The molecule has 1 aromatic heterocycles. The molecule has 3 rings (SSSR count). The average Bonchev–Trinajstić information content (AvgIpc) is 2.60. The molecule has 0 aliphatic carbocycles. The Morgan fingerprint density at radius 1 is 1.17 bits per heavy atom. The van der Waals surface area contributed by atoms with Crippen molar-refractivity contribution >= 4 is 5.91 Å². The van der Waals surface area contributed by atoms with E-state index in [2.05, 4.69) is 5.10 Å². The van der Waals surface area contributed by atoms with Gasteiger partial charge in [-0.2, -0.15) is 5.10 Å². The number of amides is 1. The summed E-state index contributed by atoms with van der Waals surface area (Å²) in [5, 5.41) is 4.40. The van der Waals surface area contributed by atoms with Crippen molar-refractivity contribution in [3.8, 4) is 11.3 Å². The molecule has 1 aliphatic heterocycles. The number of nitrogens with zero attached hydrogens (tertiary/aromatic N) is 3. The van der Waals surface area contributed by atoms with Crippen LogP contribution in [-0.2, 0) is 16.1 Å². The van der Waals surface area contributed by atoms with Gasteiger partial charge in [0.1, 0.15) is 6.54 Å². The van der Waals surface area contributed by atoms with Gasteiger partial charge in [-0.3, -0.25) is 9.59 Å². The van der Waals surface area contributed by atoms with Crippen molar-refractivity contribution < 1.29 is 9.53 Å². The lowest BCUT2D eigenvalue weighted by Gasteiger charge is -2.26. The molecule has 1 saturated heterocycles. The molecular formula is C18H21N3O3. The molecule has 1 aromatic carbocycles. The lowest BCUT2D eigenvalue weighted by molar-refractivity contribution is -0.136. The van der Waals surface area contributed by atoms with Gasteiger partial charge in [-0.05, 0) is 31.5 Å². The van der Waals surface area contributed by atoms with Crippen LogP contribution in [0.15, 0.2) is 35.1 Å². The number of hydrogen-bond donors (Lipinski definition) is 0. The number of aromatic nitrogens is 2. The Kier molecular flexibility index (Phi) is 4.76. The van der Waals surface area contributed by atoms with Crippen LogP contribution in [-0.4, -0.2) is 46.9 Å². The lowest BCUT2D eigenvalue weighted by atomic mass is 10.0. The standard InChI is InChI=1S/C18H21N3O3/c1-13-3-4-14(2)15(11-13)16-5-6-17(22)21(19-16)12-18(23)20-7-9-24-10-8-20/h3-6,11H,7-10,12H2,1-2H3. The fourth-order valence-electron chi connectivity index (χ4n) is 2.76. The van der Waals surface area contributed by atoms with E-state index >= 15 is 0 Å². The van der Waals surface area contributed by atoms with Crippen molar-refractivity contribution in [3.05, 3.63) is 51.8 Å². The zero-order chi connectivity index (χ0) is 17.1. The van der Waals surface area contributed by atoms with Gasteiger partial charge in [0.2, 0.25) is 5.91 Å². The molecule has 0 saturated carbocycles. The van der Waals surface area contributed by atoms with Crippen LogP contribution in [0.25, 0.3) is 11.3 Å². The van der Waals surface area contributed by atoms with E-state index in [1.54, 1.807) is 11.0 Å². The molecule has 1 aliphatic rings. The van der Waals surface area contributed by atoms with Crippen molar-refractivity contribution in [3.63, 3.8) is 0 Å². The minimum Gasteiger partial charge on any atom is -0.378 e. The van der Waals surface area contributed by atoms with Gasteiger partial charge in [0.25, 0.3) is 5.56 Å². The summed E-state index contributed by atoms with van der Waals surface area (Å²) in [6.45, 7) is 6.17. The van der Waals surface area contributed by atoms with Crippen LogP contribution in [0.2, 0.25) is 0 Å². The number of ether oxygens (including phenoxy) is 1. The Morgan fingerprint density at radius 3 is 2.67 bits per heavy atom. The van der Waals surface area contributed by atoms with Crippen LogP contribution in [0.3, 0.4) is 0 Å². The Morgan fingerprint density at radius 2 is 1.92 bits per heavy atom. The zero-order valence-corrected chi connectivity index (χ0v) is 14.0. The summed E-state index contributed by atoms with van der Waals surface area (Å²) < 4.78 is 6.49. The molecule has 0 radical (unpaired) electrons. The fourth-order valence-corrected chi connectivity index (χ4v) is 2.76. The molecule has 6 heteroatoms. The van der Waals surface area contributed by atoms with Crippen molar-refractivity contribution in [1.82, 2.24) is 14.7 Å². The number of aryl methyl sites for hydroxylation is 2. The second-order valence-electron chi connectivity index (χ2n) is 6.03. The van der Waals surface area contributed by atoms with Crippen molar-refractivity contribution in [2.45, 2.75) is 20.4 Å². The van der Waals surface area contributed by atoms with E-state index in [0.717, 1.165) is 16.7 Å². The molecule has 1 amide bonds. The highest BCUT2D eigenvalue weighted by Gasteiger charge is 2.18. The molecule has 126 valence electrons. The van der Waals surface area contributed by atoms with Crippen LogP contribution < -0.4 is 5.56 Å². The topological polar surface area (TPSA) is 64.4 Å². The van der Waals surface area contributed by atoms with Crippen molar-refractivity contribution in [2.24, 2.45) is 0 Å². The maximum atomic E-state index is 12.4. The molecule has 0 bridgehead atoms. The van der Waals surface area contributed by atoms with Crippen LogP contribution in [0.4, 0.5) is 0 Å². The zero-order valence-electron chi connectivity index (χ0n) is 14.0. The van der Waals surface area contributed by atoms with Gasteiger partial charge in [-0.25, -0.2) is 4.68 Å². The Labute approximate surface area is 140 Å². The van der Waals surface area contributed by atoms with E-state index in [1.165, 1.54) is 10.7 Å². The second kappa shape index (κ2) is 6.97. The summed E-state index contributed by atoms with van der Waals surface area (Å²) >= 11 is 0. The first-order valence-electron chi connectivity index (χ1n) is 8.06. The lowest BCUT2D eigenvalue weighted by Crippen LogP contribution is -2.43. The summed E-state index contributed by atoms with van der Waals surface area (Å²) in [5.74, 6) is -0.106. The SMILES string of the molecule is Cc1ccc(C)c(-c2ccc(=O)n(CC(=O)N3CCOCC3)n2)c1. The van der Waals surface area contributed by atoms with E-state index in [0.29, 0.717) is 32.0 Å². The first-order chi connectivity index (χ1) is 11.5. The van der Waals surface area contributed by atoms with Gasteiger partial charge in [-0.1, -0.05) is 17.7 Å². The predicted molar refractivity (Wildman–Crippen MR) is 90.8 cm³/mol. The average molecular weight is 327 g/mol. The van der Waals surface area contributed by atoms with E-state index in [-0.39, 0.29) is 18.0 Å². The molecule has 0 spiro atoms. The maximum Gasteiger partial charge on any atom is 0.267 e. The molecular weight excluding hydrogens is 306 g/mol. The third-order valence-electron chi connectivity index (χ3n) is 4.18. The van der Waals surface area contributed by atoms with Gasteiger partial charge < -0.3 is 9.64 Å². The van der Waals surface area contributed by atoms with Crippen molar-refractivity contribution in [1.29, 1.82) is 0 Å². The Hall–Kier alpha value is -2.47. The number of carbonyl (C=O) groups is 1. The summed E-state index contributed by atoms with van der Waals surface area (Å²) in [7, 11) is 0. The highest BCUT2D eigenvalue weighted by atomic mass is 16.5. The third kappa shape index (κ3) is 3.54. The van der Waals surface area contributed by atoms with Crippen LogP contribution >= 0.6 is 0 Å². The van der Waals surface area contributed by atoms with E-state index in [4.69, 9.17) is 4.74 Å².